The fourth-order valence-corrected chi connectivity index (χ4v) is 11.4. The van der Waals surface area contributed by atoms with Crippen molar-refractivity contribution in [3.8, 4) is 56.8 Å². The summed E-state index contributed by atoms with van der Waals surface area (Å²) in [6.45, 7) is 3.51. The van der Waals surface area contributed by atoms with Gasteiger partial charge in [-0.25, -0.2) is 0 Å². The summed E-state index contributed by atoms with van der Waals surface area (Å²) in [4.78, 5) is 38.0. The smallest absolute Gasteiger partial charge is 0.229 e. The molecule has 1 saturated heterocycles. The Morgan fingerprint density at radius 1 is 0.653 bits per heavy atom. The van der Waals surface area contributed by atoms with E-state index in [1.807, 2.05) is 13.8 Å². The first-order chi connectivity index (χ1) is 35.6. The molecule has 2 aliphatic heterocycles. The van der Waals surface area contributed by atoms with Gasteiger partial charge in [0.25, 0.3) is 0 Å². The monoisotopic (exact) mass is 1030 g/mol. The largest absolute Gasteiger partial charge is 0.508 e. The number of carbonyl (C=O) groups is 1. The van der Waals surface area contributed by atoms with Crippen LogP contribution in [-0.4, -0.2) is 117 Å². The molecule has 11 N–H and O–H groups in total. The highest BCUT2D eigenvalue weighted by molar-refractivity contribution is 5.94. The topological polar surface area (TPSA) is 328 Å². The minimum Gasteiger partial charge on any atom is -0.508 e. The first kappa shape index (κ1) is 50.9. The third-order valence-corrected chi connectivity index (χ3v) is 15.3. The Morgan fingerprint density at radius 3 is 1.80 bits per heavy atom. The van der Waals surface area contributed by atoms with Crippen molar-refractivity contribution in [1.82, 2.24) is 0 Å². The molecule has 390 valence electrons. The van der Waals surface area contributed by atoms with Crippen LogP contribution in [0.15, 0.2) is 146 Å². The summed E-state index contributed by atoms with van der Waals surface area (Å²) in [6.07, 6.45) is -4.13. The standard InChI is InChI=1S/C21H20O9.C20H22O6.C15H10O4/c22-8-16-18(25)19(26)20(27)21(30-16)29-12-5-6-13-15(7-12)28-9-14(17(13)24)10-1-3-11(23)4-2-10;1-18(2)11-6-19(24)7-14(22)20(25,16(11)17(19)23)12-8-26-13-5-9(21)3-4-10(13)15(12)18;16-10-3-1-9(2-4-10)13-8-19-14-7-11(17)5-6-12(14)15(13)18/h1-7,9,16,18-23,25-27H,8H2;3-5,8,11,15-17,21,23-25H,6-7H2,1-2H3;1-8,16-17H/t16-,18-,19+,20-,21?;11-,15+,16-,17+,19+,20-;/m10./s1. The predicted molar refractivity (Wildman–Crippen MR) is 266 cm³/mol. The highest BCUT2D eigenvalue weighted by atomic mass is 16.7. The minimum absolute atomic E-state index is 0.0491. The second-order valence-corrected chi connectivity index (χ2v) is 20.1. The number of Topliss-reactive ketones (excluding diaryl/α,β-unsaturated/α-hetero) is 1. The van der Waals surface area contributed by atoms with Crippen molar-refractivity contribution in [3.63, 3.8) is 0 Å². The maximum Gasteiger partial charge on any atom is 0.229 e. The predicted octanol–water partition coefficient (Wildman–Crippen LogP) is 4.44. The molecule has 3 saturated carbocycles. The third kappa shape index (κ3) is 8.66. The molecule has 0 radical (unpaired) electrons. The quantitative estimate of drug-likeness (QED) is 0.114. The number of phenolic OH excluding ortho intramolecular Hbond substituents is 4. The van der Waals surface area contributed by atoms with Crippen molar-refractivity contribution < 1.29 is 84.0 Å². The number of fused-ring (bicyclic) bond motifs is 7. The van der Waals surface area contributed by atoms with E-state index in [1.165, 1.54) is 85.5 Å². The van der Waals surface area contributed by atoms with Crippen LogP contribution in [0.25, 0.3) is 44.2 Å². The lowest BCUT2D eigenvalue weighted by atomic mass is 9.49. The molecule has 7 aromatic rings. The average Bonchev–Trinajstić information content (AvgIpc) is 3.74. The van der Waals surface area contributed by atoms with Gasteiger partial charge < -0.3 is 79.2 Å². The molecule has 1 unspecified atom stereocenters. The van der Waals surface area contributed by atoms with Crippen molar-refractivity contribution in [1.29, 1.82) is 0 Å². The highest BCUT2D eigenvalue weighted by Crippen LogP contribution is 2.69. The van der Waals surface area contributed by atoms with E-state index >= 15 is 0 Å². The molecule has 5 aromatic carbocycles. The molecule has 0 amide bonds. The number of aromatic hydroxyl groups is 4. The van der Waals surface area contributed by atoms with Crippen LogP contribution in [0.2, 0.25) is 0 Å². The molecular weight excluding hydrogens is 977 g/mol. The van der Waals surface area contributed by atoms with Crippen molar-refractivity contribution in [3.05, 3.63) is 153 Å². The van der Waals surface area contributed by atoms with E-state index < -0.39 is 71.7 Å². The Balaban J connectivity index is 0.000000131. The molecular formula is C56H52O19. The first-order valence-corrected chi connectivity index (χ1v) is 23.9. The molecule has 75 heavy (non-hydrogen) atoms. The normalized spacial score (nSPS) is 28.8. The van der Waals surface area contributed by atoms with Crippen molar-refractivity contribution in [2.75, 3.05) is 6.61 Å². The van der Waals surface area contributed by atoms with E-state index in [2.05, 4.69) is 0 Å². The van der Waals surface area contributed by atoms with Gasteiger partial charge in [-0.3, -0.25) is 14.4 Å². The molecule has 2 bridgehead atoms. The second-order valence-electron chi connectivity index (χ2n) is 20.1. The van der Waals surface area contributed by atoms with Gasteiger partial charge in [0.05, 0.1) is 46.5 Å². The van der Waals surface area contributed by atoms with Crippen LogP contribution in [0.5, 0.6) is 34.5 Å². The number of hydrogen-bond acceptors (Lipinski definition) is 19. The number of carbonyl (C=O) groups excluding carboxylic acids is 1. The van der Waals surface area contributed by atoms with Gasteiger partial charge in [0.2, 0.25) is 6.29 Å². The SMILES string of the molecule is CC1(C)[C@H]2C(=COc3cc(O)ccc32)[C@]2(O)C(=O)C[C@]3(O)C[C@H]1[C@H]2[C@H]3O.O=c1c(-c2ccc(O)cc2)coc2cc(O)ccc12.O=c1c(-c2ccc(O)cc2)coc2cc(OC3O[C@H](CO)[C@@H](O)[C@H](O)[C@H]3O)ccc12. The van der Waals surface area contributed by atoms with Crippen molar-refractivity contribution >= 4 is 27.7 Å². The third-order valence-electron chi connectivity index (χ3n) is 15.3. The summed E-state index contributed by atoms with van der Waals surface area (Å²) in [7, 11) is 0. The zero-order chi connectivity index (χ0) is 53.5. The van der Waals surface area contributed by atoms with Gasteiger partial charge in [0.15, 0.2) is 22.2 Å². The summed E-state index contributed by atoms with van der Waals surface area (Å²) in [5, 5.41) is 111. The molecule has 4 fully saturated rings. The van der Waals surface area contributed by atoms with Crippen LogP contribution >= 0.6 is 0 Å². The van der Waals surface area contributed by atoms with Gasteiger partial charge in [-0.05, 0) is 83.5 Å². The van der Waals surface area contributed by atoms with Crippen LogP contribution in [0.3, 0.4) is 0 Å². The summed E-state index contributed by atoms with van der Waals surface area (Å²) in [5.74, 6) is -0.737. The van der Waals surface area contributed by atoms with Gasteiger partial charge in [-0.2, -0.15) is 0 Å². The van der Waals surface area contributed by atoms with E-state index in [0.29, 0.717) is 49.9 Å². The van der Waals surface area contributed by atoms with Crippen molar-refractivity contribution in [2.24, 2.45) is 17.3 Å². The maximum atomic E-state index is 12.9. The van der Waals surface area contributed by atoms with Crippen molar-refractivity contribution in [2.45, 2.75) is 80.6 Å². The molecule has 3 aliphatic carbocycles. The molecule has 19 heteroatoms. The number of aliphatic hydroxyl groups excluding tert-OH is 5. The summed E-state index contributed by atoms with van der Waals surface area (Å²) in [5.41, 5.74) is -0.420. The number of rotatable bonds is 5. The lowest BCUT2D eigenvalue weighted by Gasteiger charge is -2.57. The molecule has 19 nitrogen and oxygen atoms in total. The van der Waals surface area contributed by atoms with Gasteiger partial charge in [-0.15, -0.1) is 0 Å². The van der Waals surface area contributed by atoms with Crippen LogP contribution in [0.4, 0.5) is 0 Å². The zero-order valence-electron chi connectivity index (χ0n) is 40.0. The number of ether oxygens (including phenoxy) is 3. The number of phenols is 4. The maximum absolute atomic E-state index is 12.9. The fraction of sp³-hybridized carbons (Fsp3) is 0.304. The first-order valence-electron chi connectivity index (χ1n) is 23.9. The van der Waals surface area contributed by atoms with Gasteiger partial charge in [0.1, 0.15) is 82.6 Å². The lowest BCUT2D eigenvalue weighted by Crippen LogP contribution is -2.66. The molecule has 2 aromatic heterocycles. The summed E-state index contributed by atoms with van der Waals surface area (Å²) < 4.78 is 27.5. The Bertz CT molecular complexity index is 3490. The second kappa shape index (κ2) is 19.0. The number of ketones is 1. The van der Waals surface area contributed by atoms with E-state index in [9.17, 15) is 70.6 Å². The molecule has 0 spiro atoms. The van der Waals surface area contributed by atoms with Crippen LogP contribution in [-0.2, 0) is 9.53 Å². The zero-order valence-corrected chi connectivity index (χ0v) is 40.0. The molecule has 11 atom stereocenters. The Kier molecular flexibility index (Phi) is 12.9. The summed E-state index contributed by atoms with van der Waals surface area (Å²) >= 11 is 0. The molecule has 12 rings (SSSR count). The highest BCUT2D eigenvalue weighted by Gasteiger charge is 2.75. The Hall–Kier alpha value is -7.59. The average molecular weight is 1030 g/mol. The fourth-order valence-electron chi connectivity index (χ4n) is 11.4. The van der Waals surface area contributed by atoms with Crippen LogP contribution in [0.1, 0.15) is 38.2 Å². The Labute approximate surface area is 425 Å². The Morgan fingerprint density at radius 2 is 1.20 bits per heavy atom. The van der Waals surface area contributed by atoms with E-state index in [0.717, 1.165) is 5.56 Å². The lowest BCUT2D eigenvalue weighted by molar-refractivity contribution is -0.277. The molecule has 5 aliphatic rings. The number of hydrogen-bond donors (Lipinski definition) is 11. The van der Waals surface area contributed by atoms with Crippen LogP contribution < -0.4 is 20.3 Å². The van der Waals surface area contributed by atoms with Gasteiger partial charge in [-0.1, -0.05) is 44.2 Å². The summed E-state index contributed by atoms with van der Waals surface area (Å²) in [6, 6.07) is 26.1. The minimum atomic E-state index is -1.84. The van der Waals surface area contributed by atoms with E-state index in [-0.39, 0.29) is 69.9 Å². The number of aliphatic hydroxyl groups is 7. The van der Waals surface area contributed by atoms with E-state index in [4.69, 9.17) is 23.0 Å². The van der Waals surface area contributed by atoms with Gasteiger partial charge in [0, 0.05) is 47.6 Å². The molecule has 4 heterocycles. The number of benzene rings is 5. The van der Waals surface area contributed by atoms with Gasteiger partial charge >= 0.3 is 0 Å². The van der Waals surface area contributed by atoms with E-state index in [1.54, 1.807) is 36.4 Å². The van der Waals surface area contributed by atoms with Crippen LogP contribution in [0, 0.1) is 17.3 Å².